The van der Waals surface area contributed by atoms with Gasteiger partial charge in [0.2, 0.25) is 0 Å². The van der Waals surface area contributed by atoms with E-state index in [1.54, 1.807) is 0 Å². The normalized spacial score (nSPS) is 26.4. The molecular weight excluding hydrogens is 216 g/mol. The third-order valence-electron chi connectivity index (χ3n) is 3.34. The van der Waals surface area contributed by atoms with Gasteiger partial charge in [0.05, 0.1) is 0 Å². The molecule has 1 aromatic rings. The molecule has 3 heteroatoms. The third kappa shape index (κ3) is 2.84. The number of hydrogen-bond donors (Lipinski definition) is 1. The smallest absolute Gasteiger partial charge is 0.0330 e. The van der Waals surface area contributed by atoms with E-state index in [1.807, 2.05) is 18.4 Å². The molecule has 0 saturated carbocycles. The summed E-state index contributed by atoms with van der Waals surface area (Å²) in [6.45, 7) is 8.11. The summed E-state index contributed by atoms with van der Waals surface area (Å²) in [6.07, 6.45) is 1.36. The first kappa shape index (κ1) is 12.1. The topological polar surface area (TPSA) is 15.3 Å². The van der Waals surface area contributed by atoms with Gasteiger partial charge in [0.15, 0.2) is 0 Å². The van der Waals surface area contributed by atoms with Gasteiger partial charge < -0.3 is 5.32 Å². The van der Waals surface area contributed by atoms with Crippen LogP contribution in [0, 0.1) is 5.92 Å². The van der Waals surface area contributed by atoms with Gasteiger partial charge >= 0.3 is 0 Å². The molecule has 0 aromatic carbocycles. The Bertz CT molecular complexity index is 334. The largest absolute Gasteiger partial charge is 0.315 e. The van der Waals surface area contributed by atoms with Crippen LogP contribution < -0.4 is 5.32 Å². The molecule has 2 heterocycles. The van der Waals surface area contributed by atoms with Gasteiger partial charge in [-0.3, -0.25) is 4.90 Å². The van der Waals surface area contributed by atoms with E-state index in [4.69, 9.17) is 0 Å². The number of rotatable bonds is 4. The van der Waals surface area contributed by atoms with Crippen LogP contribution in [0.2, 0.25) is 0 Å². The maximum absolute atomic E-state index is 3.20. The standard InChI is InChI=1S/C13H22N2S/c1-10-6-11(2)15(8-10)9-13-5-4-12(16-13)7-14-3/h4-5,10-11,14H,6-9H2,1-3H3. The molecule has 0 amide bonds. The average Bonchev–Trinajstić information content (AvgIpc) is 2.76. The Hall–Kier alpha value is -0.380. The Morgan fingerprint density at radius 1 is 1.38 bits per heavy atom. The fourth-order valence-corrected chi connectivity index (χ4v) is 3.64. The molecule has 1 aromatic heterocycles. The van der Waals surface area contributed by atoms with Crippen LogP contribution in [0.4, 0.5) is 0 Å². The maximum Gasteiger partial charge on any atom is 0.0330 e. The number of nitrogens with zero attached hydrogens (tertiary/aromatic N) is 1. The molecule has 0 bridgehead atoms. The van der Waals surface area contributed by atoms with E-state index in [9.17, 15) is 0 Å². The highest BCUT2D eigenvalue weighted by atomic mass is 32.1. The molecule has 16 heavy (non-hydrogen) atoms. The van der Waals surface area contributed by atoms with Crippen LogP contribution in [-0.2, 0) is 13.1 Å². The molecule has 2 nitrogen and oxygen atoms in total. The fourth-order valence-electron chi connectivity index (χ4n) is 2.58. The lowest BCUT2D eigenvalue weighted by molar-refractivity contribution is 0.259. The van der Waals surface area contributed by atoms with Crippen LogP contribution in [0.1, 0.15) is 30.0 Å². The molecule has 2 atom stereocenters. The molecule has 90 valence electrons. The molecule has 0 spiro atoms. The first-order valence-electron chi connectivity index (χ1n) is 6.15. The monoisotopic (exact) mass is 238 g/mol. The highest BCUT2D eigenvalue weighted by molar-refractivity contribution is 7.11. The summed E-state index contributed by atoms with van der Waals surface area (Å²) >= 11 is 1.94. The fraction of sp³-hybridized carbons (Fsp3) is 0.692. The highest BCUT2D eigenvalue weighted by Crippen LogP contribution is 2.26. The zero-order valence-corrected chi connectivity index (χ0v) is 11.3. The first-order chi connectivity index (χ1) is 7.69. The minimum absolute atomic E-state index is 0.754. The minimum Gasteiger partial charge on any atom is -0.315 e. The molecule has 0 aliphatic carbocycles. The Morgan fingerprint density at radius 2 is 2.12 bits per heavy atom. The second-order valence-corrected chi connectivity index (χ2v) is 6.27. The summed E-state index contributed by atoms with van der Waals surface area (Å²) in [4.78, 5) is 5.56. The van der Waals surface area contributed by atoms with Gasteiger partial charge in [0.1, 0.15) is 0 Å². The van der Waals surface area contributed by atoms with Gasteiger partial charge in [-0.15, -0.1) is 11.3 Å². The van der Waals surface area contributed by atoms with Gasteiger partial charge in [-0.25, -0.2) is 0 Å². The van der Waals surface area contributed by atoms with Gasteiger partial charge in [-0.05, 0) is 38.4 Å². The molecular formula is C13H22N2S. The number of thiophene rings is 1. The summed E-state index contributed by atoms with van der Waals surface area (Å²) in [5, 5.41) is 3.20. The zero-order valence-electron chi connectivity index (χ0n) is 10.5. The second-order valence-electron chi connectivity index (χ2n) is 5.02. The summed E-state index contributed by atoms with van der Waals surface area (Å²) in [5.41, 5.74) is 0. The lowest BCUT2D eigenvalue weighted by Gasteiger charge is -2.19. The predicted molar refractivity (Wildman–Crippen MR) is 70.7 cm³/mol. The number of hydrogen-bond acceptors (Lipinski definition) is 3. The van der Waals surface area contributed by atoms with E-state index in [1.165, 1.54) is 22.7 Å². The van der Waals surface area contributed by atoms with Crippen molar-refractivity contribution in [2.45, 2.75) is 39.4 Å². The van der Waals surface area contributed by atoms with Gasteiger partial charge in [-0.1, -0.05) is 6.92 Å². The van der Waals surface area contributed by atoms with Crippen LogP contribution in [0.5, 0.6) is 0 Å². The number of nitrogens with one attached hydrogen (secondary N) is 1. The summed E-state index contributed by atoms with van der Waals surface area (Å²) in [5.74, 6) is 0.867. The molecule has 1 saturated heterocycles. The van der Waals surface area contributed by atoms with Crippen molar-refractivity contribution in [1.82, 2.24) is 10.2 Å². The predicted octanol–water partition coefficient (Wildman–Crippen LogP) is 2.70. The minimum atomic E-state index is 0.754. The van der Waals surface area contributed by atoms with Crippen LogP contribution >= 0.6 is 11.3 Å². The van der Waals surface area contributed by atoms with Crippen molar-refractivity contribution in [3.63, 3.8) is 0 Å². The van der Waals surface area contributed by atoms with Crippen molar-refractivity contribution >= 4 is 11.3 Å². The van der Waals surface area contributed by atoms with Crippen molar-refractivity contribution in [3.8, 4) is 0 Å². The first-order valence-corrected chi connectivity index (χ1v) is 6.97. The Balaban J connectivity index is 1.93. The molecule has 1 N–H and O–H groups in total. The Kier molecular flexibility index (Phi) is 4.00. The van der Waals surface area contributed by atoms with Crippen molar-refractivity contribution in [2.24, 2.45) is 5.92 Å². The lowest BCUT2D eigenvalue weighted by Crippen LogP contribution is -2.26. The molecule has 2 rings (SSSR count). The average molecular weight is 238 g/mol. The van der Waals surface area contributed by atoms with Crippen molar-refractivity contribution in [2.75, 3.05) is 13.6 Å². The summed E-state index contributed by atoms with van der Waals surface area (Å²) < 4.78 is 0. The summed E-state index contributed by atoms with van der Waals surface area (Å²) in [7, 11) is 2.00. The van der Waals surface area contributed by atoms with E-state index < -0.39 is 0 Å². The highest BCUT2D eigenvalue weighted by Gasteiger charge is 2.25. The molecule has 2 unspecified atom stereocenters. The van der Waals surface area contributed by atoms with Crippen LogP contribution in [0.15, 0.2) is 12.1 Å². The summed E-state index contributed by atoms with van der Waals surface area (Å²) in [6, 6.07) is 5.29. The van der Waals surface area contributed by atoms with E-state index in [0.717, 1.165) is 25.0 Å². The lowest BCUT2D eigenvalue weighted by atomic mass is 10.1. The number of likely N-dealkylation sites (tertiary alicyclic amines) is 1. The Morgan fingerprint density at radius 3 is 2.75 bits per heavy atom. The molecule has 1 aliphatic rings. The molecule has 0 radical (unpaired) electrons. The van der Waals surface area contributed by atoms with Gasteiger partial charge in [0.25, 0.3) is 0 Å². The Labute approximate surface area is 103 Å². The van der Waals surface area contributed by atoms with E-state index >= 15 is 0 Å². The van der Waals surface area contributed by atoms with Crippen molar-refractivity contribution < 1.29 is 0 Å². The van der Waals surface area contributed by atoms with Gasteiger partial charge in [0, 0.05) is 35.4 Å². The quantitative estimate of drug-likeness (QED) is 0.867. The van der Waals surface area contributed by atoms with E-state index in [-0.39, 0.29) is 0 Å². The van der Waals surface area contributed by atoms with Crippen molar-refractivity contribution in [3.05, 3.63) is 21.9 Å². The maximum atomic E-state index is 3.20. The molecule has 1 aliphatic heterocycles. The van der Waals surface area contributed by atoms with E-state index in [2.05, 4.69) is 36.2 Å². The van der Waals surface area contributed by atoms with Crippen LogP contribution in [-0.4, -0.2) is 24.5 Å². The van der Waals surface area contributed by atoms with E-state index in [0.29, 0.717) is 0 Å². The second kappa shape index (κ2) is 5.30. The van der Waals surface area contributed by atoms with Crippen LogP contribution in [0.3, 0.4) is 0 Å². The zero-order chi connectivity index (χ0) is 11.5. The van der Waals surface area contributed by atoms with Crippen LogP contribution in [0.25, 0.3) is 0 Å². The SMILES string of the molecule is CNCc1ccc(CN2CC(C)CC2C)s1. The third-order valence-corrected chi connectivity index (χ3v) is 4.41. The molecule has 1 fully saturated rings. The van der Waals surface area contributed by atoms with Crippen molar-refractivity contribution in [1.29, 1.82) is 0 Å². The van der Waals surface area contributed by atoms with Gasteiger partial charge in [-0.2, -0.15) is 0 Å².